The summed E-state index contributed by atoms with van der Waals surface area (Å²) < 4.78 is 0. The van der Waals surface area contributed by atoms with Gasteiger partial charge in [-0.25, -0.2) is 0 Å². The van der Waals surface area contributed by atoms with E-state index in [1.54, 1.807) is 18.5 Å². The summed E-state index contributed by atoms with van der Waals surface area (Å²) in [7, 11) is 0. The van der Waals surface area contributed by atoms with Gasteiger partial charge in [0.05, 0.1) is 28.7 Å². The average molecular weight is 334 g/mol. The molecule has 2 heterocycles. The molecule has 5 nitrogen and oxygen atoms in total. The van der Waals surface area contributed by atoms with Crippen molar-refractivity contribution in [3.63, 3.8) is 0 Å². The van der Waals surface area contributed by atoms with Crippen LogP contribution in [0.5, 0.6) is 0 Å². The first-order valence-electron chi connectivity index (χ1n) is 8.75. The SMILES string of the molecule is CCC1CCCCN1C(=O)c1cncc(Nc2ccccc2C#N)c1. The number of nitrogens with zero attached hydrogens (tertiary/aromatic N) is 3. The molecule has 0 bridgehead atoms. The molecule has 1 atom stereocenters. The normalized spacial score (nSPS) is 17.0. The van der Waals surface area contributed by atoms with Crippen molar-refractivity contribution in [1.29, 1.82) is 5.26 Å². The number of hydrogen-bond donors (Lipinski definition) is 1. The van der Waals surface area contributed by atoms with E-state index in [1.807, 2.05) is 29.2 Å². The van der Waals surface area contributed by atoms with Crippen molar-refractivity contribution in [2.75, 3.05) is 11.9 Å². The third-order valence-corrected chi connectivity index (χ3v) is 4.67. The van der Waals surface area contributed by atoms with Crippen molar-refractivity contribution in [3.8, 4) is 6.07 Å². The van der Waals surface area contributed by atoms with Gasteiger partial charge >= 0.3 is 0 Å². The number of carbonyl (C=O) groups excluding carboxylic acids is 1. The lowest BCUT2D eigenvalue weighted by atomic mass is 9.99. The molecule has 1 amide bonds. The maximum Gasteiger partial charge on any atom is 0.255 e. The van der Waals surface area contributed by atoms with Gasteiger partial charge in [0.25, 0.3) is 5.91 Å². The van der Waals surface area contributed by atoms with Crippen LogP contribution in [0.3, 0.4) is 0 Å². The Morgan fingerprint density at radius 2 is 2.20 bits per heavy atom. The van der Waals surface area contributed by atoms with E-state index >= 15 is 0 Å². The number of para-hydroxylation sites is 1. The number of benzene rings is 1. The number of likely N-dealkylation sites (tertiary alicyclic amines) is 1. The number of amides is 1. The summed E-state index contributed by atoms with van der Waals surface area (Å²) in [4.78, 5) is 19.1. The highest BCUT2D eigenvalue weighted by Gasteiger charge is 2.26. The van der Waals surface area contributed by atoms with Gasteiger partial charge in [-0.05, 0) is 43.9 Å². The van der Waals surface area contributed by atoms with Gasteiger partial charge in [0.15, 0.2) is 0 Å². The fraction of sp³-hybridized carbons (Fsp3) is 0.350. The van der Waals surface area contributed by atoms with Crippen molar-refractivity contribution < 1.29 is 4.79 Å². The molecule has 1 aromatic heterocycles. The molecular formula is C20H22N4O. The van der Waals surface area contributed by atoms with Crippen LogP contribution in [0.1, 0.15) is 48.5 Å². The molecule has 0 radical (unpaired) electrons. The lowest BCUT2D eigenvalue weighted by molar-refractivity contribution is 0.0607. The highest BCUT2D eigenvalue weighted by atomic mass is 16.2. The number of aromatic nitrogens is 1. The molecule has 0 saturated carbocycles. The molecule has 5 heteroatoms. The summed E-state index contributed by atoms with van der Waals surface area (Å²) in [5.74, 6) is 0.0382. The fourth-order valence-corrected chi connectivity index (χ4v) is 3.33. The second-order valence-electron chi connectivity index (χ2n) is 6.30. The largest absolute Gasteiger partial charge is 0.353 e. The van der Waals surface area contributed by atoms with Gasteiger partial charge in [-0.3, -0.25) is 9.78 Å². The number of rotatable bonds is 4. The Bertz CT molecular complexity index is 796. The second-order valence-corrected chi connectivity index (χ2v) is 6.30. The van der Waals surface area contributed by atoms with E-state index in [9.17, 15) is 10.1 Å². The first-order valence-corrected chi connectivity index (χ1v) is 8.75. The molecule has 0 aliphatic carbocycles. The van der Waals surface area contributed by atoms with Crippen LogP contribution in [0, 0.1) is 11.3 Å². The maximum absolute atomic E-state index is 12.9. The predicted octanol–water partition coefficient (Wildman–Crippen LogP) is 4.10. The number of anilines is 2. The molecule has 1 aliphatic rings. The summed E-state index contributed by atoms with van der Waals surface area (Å²) in [6, 6.07) is 11.6. The van der Waals surface area contributed by atoms with Crippen LogP contribution in [0.2, 0.25) is 0 Å². The summed E-state index contributed by atoms with van der Waals surface area (Å²) in [5, 5.41) is 12.4. The number of piperidine rings is 1. The zero-order chi connectivity index (χ0) is 17.6. The Kier molecular flexibility index (Phi) is 5.30. The molecule has 1 N–H and O–H groups in total. The van der Waals surface area contributed by atoms with Crippen LogP contribution in [0.25, 0.3) is 0 Å². The minimum atomic E-state index is 0.0382. The number of nitriles is 1. The minimum Gasteiger partial charge on any atom is -0.353 e. The first-order chi connectivity index (χ1) is 12.2. The minimum absolute atomic E-state index is 0.0382. The monoisotopic (exact) mass is 334 g/mol. The Morgan fingerprint density at radius 1 is 1.36 bits per heavy atom. The zero-order valence-corrected chi connectivity index (χ0v) is 14.4. The Morgan fingerprint density at radius 3 is 3.00 bits per heavy atom. The van der Waals surface area contributed by atoms with Gasteiger partial charge in [-0.15, -0.1) is 0 Å². The number of carbonyl (C=O) groups is 1. The highest BCUT2D eigenvalue weighted by Crippen LogP contribution is 2.24. The third kappa shape index (κ3) is 3.80. The van der Waals surface area contributed by atoms with Gasteiger partial charge in [0, 0.05) is 18.8 Å². The molecule has 1 aromatic carbocycles. The van der Waals surface area contributed by atoms with Crippen LogP contribution in [0.4, 0.5) is 11.4 Å². The standard InChI is InChI=1S/C20H22N4O/c1-2-18-8-5-6-10-24(18)20(25)16-11-17(14-22-13-16)23-19-9-4-3-7-15(19)12-21/h3-4,7,9,11,13-14,18,23H,2,5-6,8,10H2,1H3. The van der Waals surface area contributed by atoms with Crippen LogP contribution < -0.4 is 5.32 Å². The van der Waals surface area contributed by atoms with Crippen molar-refractivity contribution in [3.05, 3.63) is 53.9 Å². The predicted molar refractivity (Wildman–Crippen MR) is 97.6 cm³/mol. The van der Waals surface area contributed by atoms with Crippen molar-refractivity contribution in [2.45, 2.75) is 38.6 Å². The average Bonchev–Trinajstić information content (AvgIpc) is 2.68. The molecule has 1 aliphatic heterocycles. The van der Waals surface area contributed by atoms with Gasteiger partial charge < -0.3 is 10.2 Å². The molecular weight excluding hydrogens is 312 g/mol. The number of pyridine rings is 1. The second kappa shape index (κ2) is 7.80. The van der Waals surface area contributed by atoms with Crippen LogP contribution in [-0.4, -0.2) is 28.4 Å². The highest BCUT2D eigenvalue weighted by molar-refractivity contribution is 5.95. The van der Waals surface area contributed by atoms with Gasteiger partial charge in [0.1, 0.15) is 6.07 Å². The first kappa shape index (κ1) is 17.0. The molecule has 128 valence electrons. The van der Waals surface area contributed by atoms with Gasteiger partial charge in [0.2, 0.25) is 0 Å². The number of hydrogen-bond acceptors (Lipinski definition) is 4. The van der Waals surface area contributed by atoms with Crippen molar-refractivity contribution >= 4 is 17.3 Å². The van der Waals surface area contributed by atoms with E-state index < -0.39 is 0 Å². The van der Waals surface area contributed by atoms with Gasteiger partial charge in [-0.2, -0.15) is 5.26 Å². The molecule has 1 saturated heterocycles. The van der Waals surface area contributed by atoms with E-state index in [1.165, 1.54) is 6.42 Å². The van der Waals surface area contributed by atoms with E-state index in [-0.39, 0.29) is 5.91 Å². The Hall–Kier alpha value is -2.87. The van der Waals surface area contributed by atoms with E-state index in [0.29, 0.717) is 28.5 Å². The van der Waals surface area contributed by atoms with E-state index in [0.717, 1.165) is 25.8 Å². The van der Waals surface area contributed by atoms with Crippen molar-refractivity contribution in [2.24, 2.45) is 0 Å². The number of nitrogens with one attached hydrogen (secondary N) is 1. The molecule has 3 rings (SSSR count). The lowest BCUT2D eigenvalue weighted by Gasteiger charge is -2.35. The topological polar surface area (TPSA) is 69.0 Å². The van der Waals surface area contributed by atoms with E-state index in [2.05, 4.69) is 23.3 Å². The summed E-state index contributed by atoms with van der Waals surface area (Å²) in [6.07, 6.45) is 7.58. The van der Waals surface area contributed by atoms with Crippen molar-refractivity contribution in [1.82, 2.24) is 9.88 Å². The zero-order valence-electron chi connectivity index (χ0n) is 14.4. The van der Waals surface area contributed by atoms with Gasteiger partial charge in [-0.1, -0.05) is 19.1 Å². The summed E-state index contributed by atoms with van der Waals surface area (Å²) in [5.41, 5.74) is 2.56. The molecule has 0 spiro atoms. The van der Waals surface area contributed by atoms with E-state index in [4.69, 9.17) is 0 Å². The Labute approximate surface area is 148 Å². The van der Waals surface area contributed by atoms with Crippen LogP contribution in [-0.2, 0) is 0 Å². The molecule has 25 heavy (non-hydrogen) atoms. The smallest absolute Gasteiger partial charge is 0.255 e. The summed E-state index contributed by atoms with van der Waals surface area (Å²) in [6.45, 7) is 2.94. The maximum atomic E-state index is 12.9. The lowest BCUT2D eigenvalue weighted by Crippen LogP contribution is -2.43. The quantitative estimate of drug-likeness (QED) is 0.914. The summed E-state index contributed by atoms with van der Waals surface area (Å²) >= 11 is 0. The Balaban J connectivity index is 1.81. The molecule has 1 unspecified atom stereocenters. The van der Waals surface area contributed by atoms with Crippen LogP contribution >= 0.6 is 0 Å². The molecule has 2 aromatic rings. The fourth-order valence-electron chi connectivity index (χ4n) is 3.33. The van der Waals surface area contributed by atoms with Crippen LogP contribution in [0.15, 0.2) is 42.7 Å². The third-order valence-electron chi connectivity index (χ3n) is 4.67. The molecule has 1 fully saturated rings.